The van der Waals surface area contributed by atoms with Crippen molar-refractivity contribution in [2.75, 3.05) is 6.61 Å². The summed E-state index contributed by atoms with van der Waals surface area (Å²) < 4.78 is 27.7. The third-order valence-corrected chi connectivity index (χ3v) is 11.1. The predicted octanol–water partition coefficient (Wildman–Crippen LogP) is 4.98. The van der Waals surface area contributed by atoms with Gasteiger partial charge in [-0.05, 0) is 23.7 Å². The molecule has 1 aliphatic heterocycles. The molecular weight excluding hydrogens is 537 g/mol. The molecule has 0 radical (unpaired) electrons. The maximum absolute atomic E-state index is 12.1. The van der Waals surface area contributed by atoms with Crippen molar-refractivity contribution in [3.05, 3.63) is 35.9 Å². The van der Waals surface area contributed by atoms with Crippen molar-refractivity contribution in [3.63, 3.8) is 0 Å². The number of hydrogen-bond acceptors (Lipinski definition) is 8. The molecular formula is C23H34Cl3NO7Si. The van der Waals surface area contributed by atoms with E-state index in [0.717, 1.165) is 5.56 Å². The second-order valence-electron chi connectivity index (χ2n) is 9.85. The predicted molar refractivity (Wildman–Crippen MR) is 137 cm³/mol. The molecule has 0 spiro atoms. The lowest BCUT2D eigenvalue weighted by Crippen LogP contribution is -2.65. The second-order valence-corrected chi connectivity index (χ2v) is 16.9. The van der Waals surface area contributed by atoms with Gasteiger partial charge >= 0.3 is 5.97 Å². The van der Waals surface area contributed by atoms with Crippen molar-refractivity contribution >= 4 is 55.0 Å². The van der Waals surface area contributed by atoms with Gasteiger partial charge in [0, 0.05) is 6.92 Å². The molecule has 0 amide bonds. The number of hydrogen-bond donors (Lipinski definition) is 2. The summed E-state index contributed by atoms with van der Waals surface area (Å²) in [5.41, 5.74) is 0.899. The Morgan fingerprint density at radius 1 is 1.09 bits per heavy atom. The molecule has 1 aliphatic rings. The summed E-state index contributed by atoms with van der Waals surface area (Å²) in [7, 11) is -2.48. The number of carbonyl (C=O) groups is 1. The van der Waals surface area contributed by atoms with Crippen LogP contribution in [0.2, 0.25) is 18.1 Å². The number of rotatable bonds is 8. The van der Waals surface area contributed by atoms with Crippen LogP contribution in [0.4, 0.5) is 0 Å². The molecule has 1 fully saturated rings. The summed E-state index contributed by atoms with van der Waals surface area (Å²) in [6.45, 7) is 11.2. The number of halogens is 3. The molecule has 1 aromatic carbocycles. The summed E-state index contributed by atoms with van der Waals surface area (Å²) in [6, 6.07) is 9.47. The Hall–Kier alpha value is -0.913. The van der Waals surface area contributed by atoms with Gasteiger partial charge in [0.15, 0.2) is 14.4 Å². The van der Waals surface area contributed by atoms with E-state index in [1.807, 2.05) is 43.4 Å². The molecule has 0 bridgehead atoms. The van der Waals surface area contributed by atoms with Crippen LogP contribution in [0.3, 0.4) is 0 Å². The van der Waals surface area contributed by atoms with Gasteiger partial charge < -0.3 is 28.5 Å². The lowest BCUT2D eigenvalue weighted by molar-refractivity contribution is -0.291. The van der Waals surface area contributed by atoms with Gasteiger partial charge in [-0.2, -0.15) is 0 Å². The van der Waals surface area contributed by atoms with Crippen LogP contribution in [0.1, 0.15) is 33.3 Å². The number of ether oxygens (including phenoxy) is 4. The fourth-order valence-corrected chi connectivity index (χ4v) is 4.68. The highest BCUT2D eigenvalue weighted by atomic mass is 35.6. The zero-order chi connectivity index (χ0) is 26.6. The maximum atomic E-state index is 12.1. The number of alkyl halides is 3. The van der Waals surface area contributed by atoms with Gasteiger partial charge in [0.1, 0.15) is 18.3 Å². The van der Waals surface area contributed by atoms with Crippen LogP contribution in [0.25, 0.3) is 0 Å². The van der Waals surface area contributed by atoms with Crippen LogP contribution >= 0.6 is 34.8 Å². The molecule has 1 saturated heterocycles. The van der Waals surface area contributed by atoms with E-state index in [-0.39, 0.29) is 11.6 Å². The molecule has 0 unspecified atom stereocenters. The Balaban J connectivity index is 2.48. The molecule has 198 valence electrons. The van der Waals surface area contributed by atoms with Crippen LogP contribution < -0.4 is 0 Å². The summed E-state index contributed by atoms with van der Waals surface area (Å²) >= 11 is 17.4. The minimum absolute atomic E-state index is 0.199. The molecule has 1 aromatic rings. The molecule has 0 saturated carbocycles. The summed E-state index contributed by atoms with van der Waals surface area (Å²) in [6.07, 6.45) is -5.22. The first-order chi connectivity index (χ1) is 16.1. The standard InChI is InChI=1S/C23H34Cl3NO7Si/c1-14(29)31-19-18(34-35(5,6)22(2,3)4)17(30-13-15-10-8-7-9-11-15)16(12-28)32-20(19)33-21(27)23(24,25)26/h7-11,16-20,27-28H,12-13H2,1-6H3/t16-,17-,18+,19-,20+/m1/s1. The molecule has 2 rings (SSSR count). The highest BCUT2D eigenvalue weighted by Gasteiger charge is 2.54. The Bertz CT molecular complexity index is 861. The van der Waals surface area contributed by atoms with Crippen LogP contribution in [-0.2, 0) is 34.8 Å². The molecule has 12 heteroatoms. The third-order valence-electron chi connectivity index (χ3n) is 6.09. The summed E-state index contributed by atoms with van der Waals surface area (Å²) in [5.74, 6) is -1.35. The Labute approximate surface area is 222 Å². The Morgan fingerprint density at radius 2 is 1.69 bits per heavy atom. The fourth-order valence-electron chi connectivity index (χ4n) is 3.24. The van der Waals surface area contributed by atoms with E-state index in [4.69, 9.17) is 63.6 Å². The van der Waals surface area contributed by atoms with Crippen LogP contribution in [-0.4, -0.2) is 66.4 Å². The van der Waals surface area contributed by atoms with Gasteiger partial charge in [-0.1, -0.05) is 85.9 Å². The number of carbonyl (C=O) groups excluding carboxylic acids is 1. The van der Waals surface area contributed by atoms with E-state index < -0.39 is 61.3 Å². The maximum Gasteiger partial charge on any atom is 0.303 e. The van der Waals surface area contributed by atoms with Gasteiger partial charge in [-0.15, -0.1) is 0 Å². The molecule has 0 aliphatic carbocycles. The highest BCUT2D eigenvalue weighted by molar-refractivity contribution is 6.76. The molecule has 1 heterocycles. The molecule has 5 atom stereocenters. The zero-order valence-electron chi connectivity index (χ0n) is 20.7. The molecule has 35 heavy (non-hydrogen) atoms. The van der Waals surface area contributed by atoms with Crippen LogP contribution in [0.5, 0.6) is 0 Å². The fraction of sp³-hybridized carbons (Fsp3) is 0.652. The van der Waals surface area contributed by atoms with E-state index in [2.05, 4.69) is 20.8 Å². The van der Waals surface area contributed by atoms with Gasteiger partial charge in [0.25, 0.3) is 3.79 Å². The second kappa shape index (κ2) is 12.1. The number of aliphatic hydroxyl groups is 1. The average Bonchev–Trinajstić information content (AvgIpc) is 2.73. The van der Waals surface area contributed by atoms with Crippen molar-refractivity contribution in [1.29, 1.82) is 5.41 Å². The van der Waals surface area contributed by atoms with E-state index in [1.165, 1.54) is 6.92 Å². The largest absolute Gasteiger partial charge is 0.453 e. The topological polar surface area (TPSA) is 107 Å². The molecule has 2 N–H and O–H groups in total. The average molecular weight is 571 g/mol. The van der Waals surface area contributed by atoms with E-state index in [0.29, 0.717) is 0 Å². The van der Waals surface area contributed by atoms with Gasteiger partial charge in [-0.3, -0.25) is 10.2 Å². The lowest BCUT2D eigenvalue weighted by atomic mass is 9.98. The van der Waals surface area contributed by atoms with Gasteiger partial charge in [-0.25, -0.2) is 0 Å². The van der Waals surface area contributed by atoms with E-state index in [9.17, 15) is 9.90 Å². The first-order valence-electron chi connectivity index (χ1n) is 11.2. The first kappa shape index (κ1) is 30.3. The van der Waals surface area contributed by atoms with Crippen molar-refractivity contribution in [1.82, 2.24) is 0 Å². The van der Waals surface area contributed by atoms with Crippen LogP contribution in [0.15, 0.2) is 30.3 Å². The van der Waals surface area contributed by atoms with Gasteiger partial charge in [0.05, 0.1) is 13.2 Å². The number of aliphatic hydroxyl groups excluding tert-OH is 1. The number of esters is 1. The normalized spacial score (nSPS) is 25.7. The number of benzene rings is 1. The first-order valence-corrected chi connectivity index (χ1v) is 15.2. The van der Waals surface area contributed by atoms with E-state index in [1.54, 1.807) is 0 Å². The lowest BCUT2D eigenvalue weighted by Gasteiger charge is -2.49. The quantitative estimate of drug-likeness (QED) is 0.149. The number of nitrogens with one attached hydrogen (secondary N) is 1. The monoisotopic (exact) mass is 569 g/mol. The Morgan fingerprint density at radius 3 is 2.17 bits per heavy atom. The van der Waals surface area contributed by atoms with Gasteiger partial charge in [0.2, 0.25) is 12.2 Å². The van der Waals surface area contributed by atoms with Crippen LogP contribution in [0, 0.1) is 5.41 Å². The third kappa shape index (κ3) is 8.29. The SMILES string of the molecule is CC(=O)O[C@H]1[C@H](OC(=N)C(Cl)(Cl)Cl)O[C@H](CO)[C@@H](OCc2ccccc2)[C@@H]1O[Si](C)(C)C(C)(C)C. The smallest absolute Gasteiger partial charge is 0.303 e. The van der Waals surface area contributed by atoms with Crippen molar-refractivity contribution in [3.8, 4) is 0 Å². The highest BCUT2D eigenvalue weighted by Crippen LogP contribution is 2.41. The Kier molecular flexibility index (Phi) is 10.5. The minimum Gasteiger partial charge on any atom is -0.453 e. The zero-order valence-corrected chi connectivity index (χ0v) is 24.0. The minimum atomic E-state index is -2.48. The van der Waals surface area contributed by atoms with Crippen molar-refractivity contribution in [2.45, 2.75) is 86.9 Å². The summed E-state index contributed by atoms with van der Waals surface area (Å²) in [5, 5.41) is 18.0. The molecule has 8 nitrogen and oxygen atoms in total. The molecule has 0 aromatic heterocycles. The van der Waals surface area contributed by atoms with E-state index >= 15 is 0 Å². The van der Waals surface area contributed by atoms with Crippen molar-refractivity contribution in [2.24, 2.45) is 0 Å². The summed E-state index contributed by atoms with van der Waals surface area (Å²) in [4.78, 5) is 12.1. The van der Waals surface area contributed by atoms with Crippen molar-refractivity contribution < 1.29 is 33.3 Å².